The van der Waals surface area contributed by atoms with Gasteiger partial charge in [0.1, 0.15) is 5.82 Å². The summed E-state index contributed by atoms with van der Waals surface area (Å²) in [6.07, 6.45) is -2.21. The molecule has 0 atom stereocenters. The molecule has 0 saturated carbocycles. The van der Waals surface area contributed by atoms with Crippen LogP contribution < -0.4 is 10.6 Å². The van der Waals surface area contributed by atoms with E-state index in [-0.39, 0.29) is 12.2 Å². The number of para-hydroxylation sites is 1. The van der Waals surface area contributed by atoms with E-state index in [0.717, 1.165) is 11.2 Å². The summed E-state index contributed by atoms with van der Waals surface area (Å²) in [4.78, 5) is 11.9. The normalized spacial score (nSPS) is 11.4. The summed E-state index contributed by atoms with van der Waals surface area (Å²) in [5, 5.41) is 13.6. The van der Waals surface area contributed by atoms with E-state index >= 15 is 0 Å². The molecule has 0 fully saturated rings. The Morgan fingerprint density at radius 2 is 2.00 bits per heavy atom. The Morgan fingerprint density at radius 1 is 1.28 bits per heavy atom. The zero-order valence-electron chi connectivity index (χ0n) is 13.7. The van der Waals surface area contributed by atoms with Crippen molar-refractivity contribution in [2.45, 2.75) is 31.2 Å². The number of carbonyl (C=O) groups is 1. The van der Waals surface area contributed by atoms with Gasteiger partial charge in [0.25, 0.3) is 0 Å². The number of nitrogens with zero attached hydrogens (tertiary/aromatic N) is 3. The molecule has 0 aliphatic rings. The van der Waals surface area contributed by atoms with Gasteiger partial charge in [-0.25, -0.2) is 4.79 Å². The highest BCUT2D eigenvalue weighted by molar-refractivity contribution is 7.98. The molecule has 2 N–H and O–H groups in total. The molecule has 25 heavy (non-hydrogen) atoms. The van der Waals surface area contributed by atoms with E-state index in [0.29, 0.717) is 18.8 Å². The molecule has 0 bridgehead atoms. The van der Waals surface area contributed by atoms with Crippen LogP contribution in [0.25, 0.3) is 0 Å². The number of aromatic nitrogens is 3. The second kappa shape index (κ2) is 8.24. The van der Waals surface area contributed by atoms with E-state index in [1.165, 1.54) is 30.0 Å². The summed E-state index contributed by atoms with van der Waals surface area (Å²) in [5.74, 6) is 0.711. The summed E-state index contributed by atoms with van der Waals surface area (Å²) in [7, 11) is 0. The molecule has 1 heterocycles. The number of halogens is 3. The molecule has 1 aromatic heterocycles. The fourth-order valence-corrected chi connectivity index (χ4v) is 2.84. The Hall–Kier alpha value is -2.23. The topological polar surface area (TPSA) is 71.8 Å². The molecule has 2 aromatic rings. The van der Waals surface area contributed by atoms with Crippen molar-refractivity contribution in [1.82, 2.24) is 20.1 Å². The lowest BCUT2D eigenvalue weighted by atomic mass is 10.1. The van der Waals surface area contributed by atoms with Crippen LogP contribution in [0.5, 0.6) is 0 Å². The number of carbonyl (C=O) groups excluding carboxylic acids is 1. The van der Waals surface area contributed by atoms with E-state index in [9.17, 15) is 18.0 Å². The number of rotatable bonds is 6. The van der Waals surface area contributed by atoms with Crippen molar-refractivity contribution in [2.24, 2.45) is 0 Å². The van der Waals surface area contributed by atoms with E-state index in [4.69, 9.17) is 0 Å². The molecule has 0 aliphatic carbocycles. The molecule has 0 radical (unpaired) electrons. The van der Waals surface area contributed by atoms with Crippen LogP contribution in [0.1, 0.15) is 18.3 Å². The summed E-state index contributed by atoms with van der Waals surface area (Å²) in [6, 6.07) is 4.12. The van der Waals surface area contributed by atoms with Gasteiger partial charge in [0.05, 0.1) is 11.3 Å². The molecular weight excluding hydrogens is 355 g/mol. The second-order valence-electron chi connectivity index (χ2n) is 5.02. The maximum atomic E-state index is 12.9. The highest BCUT2D eigenvalue weighted by Gasteiger charge is 2.33. The van der Waals surface area contributed by atoms with Crippen molar-refractivity contribution in [3.8, 4) is 0 Å². The minimum Gasteiger partial charge on any atom is -0.337 e. The number of nitrogens with one attached hydrogen (secondary N) is 2. The largest absolute Gasteiger partial charge is 0.418 e. The number of amides is 2. The fourth-order valence-electron chi connectivity index (χ4n) is 2.27. The SMILES string of the molecule is CCn1c(CCNC(=O)Nc2ccccc2C(F)(F)F)nnc1SC. The lowest BCUT2D eigenvalue weighted by Gasteiger charge is -2.14. The Kier molecular flexibility index (Phi) is 6.29. The van der Waals surface area contributed by atoms with Gasteiger partial charge in [-0.3, -0.25) is 0 Å². The molecule has 10 heteroatoms. The highest BCUT2D eigenvalue weighted by Crippen LogP contribution is 2.34. The van der Waals surface area contributed by atoms with Crippen LogP contribution in [0.3, 0.4) is 0 Å². The molecule has 136 valence electrons. The van der Waals surface area contributed by atoms with Crippen molar-refractivity contribution in [2.75, 3.05) is 18.1 Å². The summed E-state index contributed by atoms with van der Waals surface area (Å²) in [5.41, 5.74) is -1.17. The van der Waals surface area contributed by atoms with Gasteiger partial charge in [-0.15, -0.1) is 10.2 Å². The number of alkyl halides is 3. The van der Waals surface area contributed by atoms with Crippen LogP contribution in [-0.4, -0.2) is 33.6 Å². The maximum Gasteiger partial charge on any atom is 0.418 e. The Labute approximate surface area is 147 Å². The van der Waals surface area contributed by atoms with Gasteiger partial charge in [-0.05, 0) is 25.3 Å². The average Bonchev–Trinajstić information content (AvgIpc) is 2.96. The first kappa shape index (κ1) is 19.1. The van der Waals surface area contributed by atoms with Gasteiger partial charge in [0.2, 0.25) is 0 Å². The van der Waals surface area contributed by atoms with E-state index in [2.05, 4.69) is 20.8 Å². The fraction of sp³-hybridized carbons (Fsp3) is 0.400. The van der Waals surface area contributed by atoms with Crippen molar-refractivity contribution >= 4 is 23.5 Å². The first-order chi connectivity index (χ1) is 11.9. The van der Waals surface area contributed by atoms with Crippen molar-refractivity contribution in [3.05, 3.63) is 35.7 Å². The highest BCUT2D eigenvalue weighted by atomic mass is 32.2. The van der Waals surface area contributed by atoms with Crippen LogP contribution in [-0.2, 0) is 19.1 Å². The number of anilines is 1. The van der Waals surface area contributed by atoms with Crippen LogP contribution >= 0.6 is 11.8 Å². The van der Waals surface area contributed by atoms with E-state index in [1.54, 1.807) is 0 Å². The molecule has 0 unspecified atom stereocenters. The Bertz CT molecular complexity index is 732. The van der Waals surface area contributed by atoms with Gasteiger partial charge in [-0.1, -0.05) is 23.9 Å². The van der Waals surface area contributed by atoms with Crippen molar-refractivity contribution < 1.29 is 18.0 Å². The molecule has 2 amide bonds. The molecule has 1 aromatic carbocycles. The Balaban J connectivity index is 1.93. The second-order valence-corrected chi connectivity index (χ2v) is 5.79. The van der Waals surface area contributed by atoms with Gasteiger partial charge in [-0.2, -0.15) is 13.2 Å². The Morgan fingerprint density at radius 3 is 2.64 bits per heavy atom. The monoisotopic (exact) mass is 373 g/mol. The van der Waals surface area contributed by atoms with Crippen molar-refractivity contribution in [3.63, 3.8) is 0 Å². The molecular formula is C15H18F3N5OS. The number of urea groups is 1. The third-order valence-electron chi connectivity index (χ3n) is 3.41. The summed E-state index contributed by atoms with van der Waals surface area (Å²) >= 11 is 1.47. The van der Waals surface area contributed by atoms with Crippen molar-refractivity contribution in [1.29, 1.82) is 0 Å². The number of hydrogen-bond donors (Lipinski definition) is 2. The summed E-state index contributed by atoms with van der Waals surface area (Å²) in [6.45, 7) is 2.89. The number of benzene rings is 1. The van der Waals surface area contributed by atoms with Gasteiger partial charge < -0.3 is 15.2 Å². The van der Waals surface area contributed by atoms with Gasteiger partial charge in [0.15, 0.2) is 5.16 Å². The first-order valence-electron chi connectivity index (χ1n) is 7.54. The predicted molar refractivity (Wildman–Crippen MR) is 89.6 cm³/mol. The van der Waals surface area contributed by atoms with Gasteiger partial charge in [0, 0.05) is 19.5 Å². The van der Waals surface area contributed by atoms with E-state index in [1.807, 2.05) is 17.7 Å². The molecule has 0 aliphatic heterocycles. The third-order valence-corrected chi connectivity index (χ3v) is 4.07. The number of thioether (sulfide) groups is 1. The predicted octanol–water partition coefficient (Wildman–Crippen LogP) is 3.40. The average molecular weight is 373 g/mol. The minimum atomic E-state index is -4.53. The van der Waals surface area contributed by atoms with Gasteiger partial charge >= 0.3 is 12.2 Å². The van der Waals surface area contributed by atoms with E-state index < -0.39 is 17.8 Å². The number of hydrogen-bond acceptors (Lipinski definition) is 4. The first-order valence-corrected chi connectivity index (χ1v) is 8.76. The zero-order valence-corrected chi connectivity index (χ0v) is 14.5. The third kappa shape index (κ3) is 4.88. The lowest BCUT2D eigenvalue weighted by molar-refractivity contribution is -0.136. The quantitative estimate of drug-likeness (QED) is 0.762. The standard InChI is InChI=1S/C15H18F3N5OS/c1-3-23-12(21-22-14(23)25-2)8-9-19-13(24)20-11-7-5-4-6-10(11)15(16,17)18/h4-7H,3,8-9H2,1-2H3,(H2,19,20,24). The minimum absolute atomic E-state index is 0.229. The van der Waals surface area contributed by atoms with Crippen LogP contribution in [0.15, 0.2) is 29.4 Å². The zero-order chi connectivity index (χ0) is 18.4. The molecule has 0 spiro atoms. The van der Waals surface area contributed by atoms with Crippen LogP contribution in [0, 0.1) is 0 Å². The van der Waals surface area contributed by atoms with Crippen LogP contribution in [0.2, 0.25) is 0 Å². The molecule has 6 nitrogen and oxygen atoms in total. The maximum absolute atomic E-state index is 12.9. The summed E-state index contributed by atoms with van der Waals surface area (Å²) < 4.78 is 40.6. The smallest absolute Gasteiger partial charge is 0.337 e. The van der Waals surface area contributed by atoms with Crippen LogP contribution in [0.4, 0.5) is 23.7 Å². The molecule has 2 rings (SSSR count). The molecule has 0 saturated heterocycles. The lowest BCUT2D eigenvalue weighted by Crippen LogP contribution is -2.31.